The third kappa shape index (κ3) is 7.31. The number of ketones is 2. The average molecular weight is 757 g/mol. The summed E-state index contributed by atoms with van der Waals surface area (Å²) in [4.78, 5) is 27.7. The second-order valence-electron chi connectivity index (χ2n) is 18.4. The van der Waals surface area contributed by atoms with Crippen LogP contribution in [0, 0.1) is 52.3 Å². The van der Waals surface area contributed by atoms with Crippen LogP contribution < -0.4 is 0 Å². The Hall–Kier alpha value is -1.14. The molecule has 0 aromatic rings. The van der Waals surface area contributed by atoms with Gasteiger partial charge in [-0.25, -0.2) is 0 Å². The molecule has 6 aliphatic rings. The van der Waals surface area contributed by atoms with Crippen LogP contribution >= 0.6 is 0 Å². The molecule has 53 heavy (non-hydrogen) atoms. The third-order valence-electron chi connectivity index (χ3n) is 14.7. The van der Waals surface area contributed by atoms with E-state index in [9.17, 15) is 50.4 Å². The Bertz CT molecular complexity index is 1310. The van der Waals surface area contributed by atoms with Crippen molar-refractivity contribution in [2.24, 2.45) is 52.3 Å². The summed E-state index contributed by atoms with van der Waals surface area (Å²) in [6, 6.07) is 0. The van der Waals surface area contributed by atoms with Crippen LogP contribution in [0.3, 0.4) is 0 Å². The highest BCUT2D eigenvalue weighted by molar-refractivity contribution is 5.83. The molecule has 4 aliphatic carbocycles. The van der Waals surface area contributed by atoms with Gasteiger partial charge in [-0.15, -0.1) is 0 Å². The fourth-order valence-corrected chi connectivity index (χ4v) is 12.0. The van der Waals surface area contributed by atoms with Gasteiger partial charge in [0.25, 0.3) is 0 Å². The predicted molar refractivity (Wildman–Crippen MR) is 186 cm³/mol. The van der Waals surface area contributed by atoms with Gasteiger partial charge in [0.1, 0.15) is 54.3 Å². The van der Waals surface area contributed by atoms with E-state index in [0.29, 0.717) is 38.5 Å². The summed E-state index contributed by atoms with van der Waals surface area (Å²) >= 11 is 0. The molecule has 8 N–H and O–H groups in total. The van der Waals surface area contributed by atoms with Crippen molar-refractivity contribution in [2.75, 3.05) is 6.61 Å². The van der Waals surface area contributed by atoms with E-state index < -0.39 is 103 Å². The van der Waals surface area contributed by atoms with Gasteiger partial charge in [0.05, 0.1) is 31.0 Å². The molecule has 2 saturated heterocycles. The molecule has 0 bridgehead atoms. The fraction of sp³-hybridized carbons (Fsp3) is 0.949. The minimum atomic E-state index is -1.62. The van der Waals surface area contributed by atoms with Crippen LogP contribution in [-0.4, -0.2) is 139 Å². The molecule has 14 nitrogen and oxygen atoms in total. The van der Waals surface area contributed by atoms with Crippen molar-refractivity contribution < 1.29 is 69.4 Å². The molecule has 14 heteroatoms. The van der Waals surface area contributed by atoms with E-state index in [2.05, 4.69) is 13.8 Å². The number of carbonyl (C=O) groups is 2. The lowest BCUT2D eigenvalue weighted by Gasteiger charge is -2.62. The molecule has 21 atom stereocenters. The number of Topliss-reactive ketones (excluding diaryl/α,β-unsaturated/α-hetero) is 2. The summed E-state index contributed by atoms with van der Waals surface area (Å²) in [5.41, 5.74) is -1.10. The van der Waals surface area contributed by atoms with Crippen LogP contribution in [0.5, 0.6) is 0 Å². The van der Waals surface area contributed by atoms with Crippen molar-refractivity contribution >= 4 is 11.6 Å². The van der Waals surface area contributed by atoms with Crippen LogP contribution in [0.2, 0.25) is 0 Å². The first-order chi connectivity index (χ1) is 24.8. The van der Waals surface area contributed by atoms with Crippen LogP contribution in [0.4, 0.5) is 0 Å². The van der Waals surface area contributed by atoms with Gasteiger partial charge in [-0.05, 0) is 73.5 Å². The summed E-state index contributed by atoms with van der Waals surface area (Å²) in [6.45, 7) is 11.3. The topological polar surface area (TPSA) is 233 Å². The zero-order valence-corrected chi connectivity index (χ0v) is 31.9. The van der Waals surface area contributed by atoms with E-state index in [0.717, 1.165) is 0 Å². The minimum absolute atomic E-state index is 0.0955. The summed E-state index contributed by atoms with van der Waals surface area (Å²) < 4.78 is 24.7. The first-order valence-electron chi connectivity index (χ1n) is 19.9. The Morgan fingerprint density at radius 3 is 2.11 bits per heavy atom. The van der Waals surface area contributed by atoms with E-state index in [-0.39, 0.29) is 59.9 Å². The van der Waals surface area contributed by atoms with Gasteiger partial charge in [0.15, 0.2) is 12.6 Å². The lowest BCUT2D eigenvalue weighted by atomic mass is 9.43. The Morgan fingerprint density at radius 2 is 1.47 bits per heavy atom. The number of fused-ring (bicyclic) bond motifs is 5. The molecule has 4 saturated carbocycles. The van der Waals surface area contributed by atoms with E-state index in [1.165, 1.54) is 0 Å². The Labute approximate surface area is 312 Å². The van der Waals surface area contributed by atoms with Gasteiger partial charge in [-0.2, -0.15) is 0 Å². The van der Waals surface area contributed by atoms with Crippen LogP contribution in [0.25, 0.3) is 0 Å². The third-order valence-corrected chi connectivity index (χ3v) is 14.7. The molecule has 2 aliphatic heterocycles. The molecule has 0 amide bonds. The molecule has 0 radical (unpaired) electrons. The number of ether oxygens (including phenoxy) is 4. The number of aliphatic hydroxyl groups excluding tert-OH is 8. The Balaban J connectivity index is 1.32. The average Bonchev–Trinajstić information content (AvgIpc) is 3.38. The van der Waals surface area contributed by atoms with Gasteiger partial charge in [-0.3, -0.25) is 9.59 Å². The van der Waals surface area contributed by atoms with Crippen LogP contribution in [0.15, 0.2) is 0 Å². The maximum atomic E-state index is 14.5. The lowest BCUT2D eigenvalue weighted by Crippen LogP contribution is -2.64. The SMILES string of the molecule is CC(C)CC(=O)CC(C)C1C(OC2OC(CO)C(O)C(O)C2O)CC2C3C(=O)CC4CC(O)CC(OC5OC(C)C(O)C(O)C5O)C4(C)C3CCC21C. The van der Waals surface area contributed by atoms with Crippen molar-refractivity contribution in [1.29, 1.82) is 0 Å². The predicted octanol–water partition coefficient (Wildman–Crippen LogP) is 0.444. The van der Waals surface area contributed by atoms with E-state index in [1.807, 2.05) is 20.8 Å². The number of carbonyl (C=O) groups excluding carboxylic acids is 2. The first-order valence-corrected chi connectivity index (χ1v) is 19.9. The van der Waals surface area contributed by atoms with Crippen molar-refractivity contribution in [3.8, 4) is 0 Å². The van der Waals surface area contributed by atoms with E-state index >= 15 is 0 Å². The maximum Gasteiger partial charge on any atom is 0.186 e. The number of hydrogen-bond donors (Lipinski definition) is 8. The van der Waals surface area contributed by atoms with Gasteiger partial charge in [0, 0.05) is 37.0 Å². The highest BCUT2D eigenvalue weighted by Crippen LogP contribution is 2.68. The number of aliphatic hydroxyl groups is 8. The zero-order chi connectivity index (χ0) is 38.9. The largest absolute Gasteiger partial charge is 0.394 e. The van der Waals surface area contributed by atoms with E-state index in [4.69, 9.17) is 18.9 Å². The molecule has 6 fully saturated rings. The second-order valence-corrected chi connectivity index (χ2v) is 18.4. The van der Waals surface area contributed by atoms with Gasteiger partial charge in [0.2, 0.25) is 0 Å². The minimum Gasteiger partial charge on any atom is -0.394 e. The quantitative estimate of drug-likeness (QED) is 0.151. The van der Waals surface area contributed by atoms with Gasteiger partial charge < -0.3 is 59.8 Å². The van der Waals surface area contributed by atoms with Gasteiger partial charge >= 0.3 is 0 Å². The normalized spacial score (nSPS) is 52.1. The summed E-state index contributed by atoms with van der Waals surface area (Å²) in [5.74, 6) is -1.01. The molecular weight excluding hydrogens is 692 g/mol. The number of rotatable bonds is 10. The first kappa shape index (κ1) is 41.5. The number of hydrogen-bond acceptors (Lipinski definition) is 14. The molecule has 6 rings (SSSR count). The molecule has 304 valence electrons. The standard InChI is InChI=1S/C39H64O14/c1-16(2)9-20(41)10-17(3)29-25(51-37-35(49)33(47)31(45)26(15-40)52-37)14-23-28-22(7-8-38(23,29)5)39(6)19(12-24(28)43)11-21(42)13-27(39)53-36-34(48)32(46)30(44)18(4)50-36/h16-19,21-23,25-37,40,42,44-49H,7-15H2,1-6H3. The smallest absolute Gasteiger partial charge is 0.186 e. The van der Waals surface area contributed by atoms with Crippen LogP contribution in [0.1, 0.15) is 92.9 Å². The molecule has 0 aromatic heterocycles. The van der Waals surface area contributed by atoms with Crippen molar-refractivity contribution in [3.63, 3.8) is 0 Å². The fourth-order valence-electron chi connectivity index (χ4n) is 12.0. The molecule has 0 spiro atoms. The van der Waals surface area contributed by atoms with Crippen LogP contribution in [-0.2, 0) is 28.5 Å². The molecule has 2 heterocycles. The summed E-state index contributed by atoms with van der Waals surface area (Å²) in [7, 11) is 0. The van der Waals surface area contributed by atoms with Crippen molar-refractivity contribution in [3.05, 3.63) is 0 Å². The zero-order valence-electron chi connectivity index (χ0n) is 31.9. The highest BCUT2D eigenvalue weighted by atomic mass is 16.7. The Kier molecular flexibility index (Phi) is 12.3. The highest BCUT2D eigenvalue weighted by Gasteiger charge is 2.68. The van der Waals surface area contributed by atoms with E-state index in [1.54, 1.807) is 6.92 Å². The Morgan fingerprint density at radius 1 is 0.830 bits per heavy atom. The van der Waals surface area contributed by atoms with Crippen molar-refractivity contribution in [2.45, 2.75) is 173 Å². The monoisotopic (exact) mass is 756 g/mol. The summed E-state index contributed by atoms with van der Waals surface area (Å²) in [5, 5.41) is 84.6. The second kappa shape index (κ2) is 15.7. The molecule has 21 unspecified atom stereocenters. The molecular formula is C39H64O14. The van der Waals surface area contributed by atoms with Crippen molar-refractivity contribution in [1.82, 2.24) is 0 Å². The molecule has 0 aromatic carbocycles. The summed E-state index contributed by atoms with van der Waals surface area (Å²) in [6.07, 6.45) is -12.3. The van der Waals surface area contributed by atoms with Gasteiger partial charge in [-0.1, -0.05) is 34.6 Å². The maximum absolute atomic E-state index is 14.5. The lowest BCUT2D eigenvalue weighted by molar-refractivity contribution is -0.326.